The van der Waals surface area contributed by atoms with E-state index < -0.39 is 0 Å². The van der Waals surface area contributed by atoms with Gasteiger partial charge in [0.1, 0.15) is 11.6 Å². The average Bonchev–Trinajstić information content (AvgIpc) is 3.29. The molecule has 0 aromatic carbocycles. The molecule has 136 valence electrons. The second-order valence-electron chi connectivity index (χ2n) is 7.06. The molecule has 1 saturated heterocycles. The SMILES string of the molecule is C[C@@H]1c2ncc(COCC3CCOCC3)n2CCN1Cc1ccco1. The standard InChI is InChI=1S/C19H27N3O3/c1-15-19-20-11-17(14-24-13-16-4-9-23-10-5-16)22(19)7-6-21(15)12-18-3-2-8-25-18/h2-3,8,11,15-16H,4-7,9-10,12-14H2,1H3/t15-/m1/s1. The van der Waals surface area contributed by atoms with Crippen LogP contribution < -0.4 is 0 Å². The molecule has 2 aromatic rings. The minimum Gasteiger partial charge on any atom is -0.468 e. The van der Waals surface area contributed by atoms with E-state index in [2.05, 4.69) is 21.4 Å². The van der Waals surface area contributed by atoms with Crippen molar-refractivity contribution in [2.45, 2.75) is 45.5 Å². The molecule has 0 bridgehead atoms. The molecule has 1 atom stereocenters. The van der Waals surface area contributed by atoms with Crippen molar-refractivity contribution < 1.29 is 13.9 Å². The van der Waals surface area contributed by atoms with Crippen molar-refractivity contribution in [1.29, 1.82) is 0 Å². The quantitative estimate of drug-likeness (QED) is 0.805. The molecule has 0 unspecified atom stereocenters. The molecule has 0 N–H and O–H groups in total. The van der Waals surface area contributed by atoms with Crippen molar-refractivity contribution in [3.63, 3.8) is 0 Å². The Hall–Kier alpha value is -1.63. The maximum atomic E-state index is 5.99. The molecule has 6 heteroatoms. The number of rotatable bonds is 6. The summed E-state index contributed by atoms with van der Waals surface area (Å²) in [6, 6.07) is 4.25. The molecule has 4 rings (SSSR count). The Labute approximate surface area is 148 Å². The molecule has 6 nitrogen and oxygen atoms in total. The summed E-state index contributed by atoms with van der Waals surface area (Å²) in [6.45, 7) is 8.22. The lowest BCUT2D eigenvalue weighted by atomic mass is 10.0. The molecular weight excluding hydrogens is 318 g/mol. The van der Waals surface area contributed by atoms with Gasteiger partial charge in [0.05, 0.1) is 44.0 Å². The summed E-state index contributed by atoms with van der Waals surface area (Å²) in [6.07, 6.45) is 5.94. The molecule has 2 aliphatic heterocycles. The summed E-state index contributed by atoms with van der Waals surface area (Å²) in [5.41, 5.74) is 1.19. The number of nitrogens with zero attached hydrogens (tertiary/aromatic N) is 3. The monoisotopic (exact) mass is 345 g/mol. The molecule has 1 fully saturated rings. The van der Waals surface area contributed by atoms with Crippen LogP contribution in [0.1, 0.15) is 43.1 Å². The number of hydrogen-bond acceptors (Lipinski definition) is 5. The predicted molar refractivity (Wildman–Crippen MR) is 93.0 cm³/mol. The molecule has 0 saturated carbocycles. The molecule has 0 aliphatic carbocycles. The molecule has 2 aliphatic rings. The zero-order valence-corrected chi connectivity index (χ0v) is 14.9. The van der Waals surface area contributed by atoms with Gasteiger partial charge in [-0.05, 0) is 37.8 Å². The molecule has 0 radical (unpaired) electrons. The number of ether oxygens (including phenoxy) is 2. The molecule has 2 aromatic heterocycles. The molecule has 4 heterocycles. The molecule has 0 spiro atoms. The largest absolute Gasteiger partial charge is 0.468 e. The fraction of sp³-hybridized carbons (Fsp3) is 0.632. The third-order valence-corrected chi connectivity index (χ3v) is 5.38. The van der Waals surface area contributed by atoms with E-state index in [1.807, 2.05) is 18.3 Å². The van der Waals surface area contributed by atoms with Crippen LogP contribution >= 0.6 is 0 Å². The number of hydrogen-bond donors (Lipinski definition) is 0. The van der Waals surface area contributed by atoms with Gasteiger partial charge in [0.2, 0.25) is 0 Å². The lowest BCUT2D eigenvalue weighted by Gasteiger charge is -2.33. The van der Waals surface area contributed by atoms with E-state index in [0.29, 0.717) is 12.5 Å². The number of imidazole rings is 1. The van der Waals surface area contributed by atoms with Gasteiger partial charge in [-0.25, -0.2) is 4.98 Å². The Bertz CT molecular complexity index is 662. The second-order valence-corrected chi connectivity index (χ2v) is 7.06. The van der Waals surface area contributed by atoms with Gasteiger partial charge in [-0.2, -0.15) is 0 Å². The average molecular weight is 345 g/mol. The summed E-state index contributed by atoms with van der Waals surface area (Å²) in [5.74, 6) is 2.77. The summed E-state index contributed by atoms with van der Waals surface area (Å²) in [7, 11) is 0. The Morgan fingerprint density at radius 2 is 2.16 bits per heavy atom. The third kappa shape index (κ3) is 3.81. The van der Waals surface area contributed by atoms with Gasteiger partial charge in [-0.15, -0.1) is 0 Å². The van der Waals surface area contributed by atoms with Crippen molar-refractivity contribution in [1.82, 2.24) is 14.5 Å². The van der Waals surface area contributed by atoms with Crippen LogP contribution in [0.2, 0.25) is 0 Å². The molecule has 25 heavy (non-hydrogen) atoms. The van der Waals surface area contributed by atoms with E-state index >= 15 is 0 Å². The predicted octanol–water partition coefficient (Wildman–Crippen LogP) is 3.00. The van der Waals surface area contributed by atoms with Crippen LogP contribution in [-0.2, 0) is 29.2 Å². The normalized spacial score (nSPS) is 22.2. The van der Waals surface area contributed by atoms with Gasteiger partial charge in [0.15, 0.2) is 0 Å². The van der Waals surface area contributed by atoms with E-state index in [9.17, 15) is 0 Å². The first kappa shape index (κ1) is 16.8. The van der Waals surface area contributed by atoms with E-state index in [1.165, 1.54) is 5.69 Å². The highest BCUT2D eigenvalue weighted by Crippen LogP contribution is 2.27. The van der Waals surface area contributed by atoms with E-state index in [-0.39, 0.29) is 6.04 Å². The fourth-order valence-electron chi connectivity index (χ4n) is 3.78. The van der Waals surface area contributed by atoms with Crippen molar-refractivity contribution in [2.24, 2.45) is 5.92 Å². The minimum absolute atomic E-state index is 0.281. The highest BCUT2D eigenvalue weighted by atomic mass is 16.5. The number of aromatic nitrogens is 2. The minimum atomic E-state index is 0.281. The van der Waals surface area contributed by atoms with Crippen LogP contribution in [0.15, 0.2) is 29.0 Å². The van der Waals surface area contributed by atoms with E-state index in [4.69, 9.17) is 13.9 Å². The fourth-order valence-corrected chi connectivity index (χ4v) is 3.78. The van der Waals surface area contributed by atoms with Gasteiger partial charge < -0.3 is 18.5 Å². The Kier molecular flexibility index (Phi) is 5.20. The second kappa shape index (κ2) is 7.72. The maximum Gasteiger partial charge on any atom is 0.126 e. The van der Waals surface area contributed by atoms with Crippen molar-refractivity contribution in [3.05, 3.63) is 41.9 Å². The molecular formula is C19H27N3O3. The van der Waals surface area contributed by atoms with Crippen LogP contribution in [0.4, 0.5) is 0 Å². The van der Waals surface area contributed by atoms with Crippen LogP contribution in [0.25, 0.3) is 0 Å². The van der Waals surface area contributed by atoms with Crippen molar-refractivity contribution >= 4 is 0 Å². The van der Waals surface area contributed by atoms with Crippen LogP contribution in [0.3, 0.4) is 0 Å². The first-order valence-corrected chi connectivity index (χ1v) is 9.27. The topological polar surface area (TPSA) is 52.7 Å². The Morgan fingerprint density at radius 1 is 1.28 bits per heavy atom. The summed E-state index contributed by atoms with van der Waals surface area (Å²) >= 11 is 0. The number of furan rings is 1. The van der Waals surface area contributed by atoms with Crippen molar-refractivity contribution in [3.8, 4) is 0 Å². The Balaban J connectivity index is 1.34. The summed E-state index contributed by atoms with van der Waals surface area (Å²) in [5, 5.41) is 0. The smallest absolute Gasteiger partial charge is 0.126 e. The number of fused-ring (bicyclic) bond motifs is 1. The van der Waals surface area contributed by atoms with Crippen LogP contribution in [0, 0.1) is 5.92 Å². The lowest BCUT2D eigenvalue weighted by molar-refractivity contribution is 0.0139. The first-order valence-electron chi connectivity index (χ1n) is 9.27. The van der Waals surface area contributed by atoms with Gasteiger partial charge in [-0.3, -0.25) is 4.90 Å². The van der Waals surface area contributed by atoms with Crippen molar-refractivity contribution in [2.75, 3.05) is 26.4 Å². The van der Waals surface area contributed by atoms with Gasteiger partial charge >= 0.3 is 0 Å². The van der Waals surface area contributed by atoms with Gasteiger partial charge in [0, 0.05) is 26.3 Å². The zero-order chi connectivity index (χ0) is 17.1. The van der Waals surface area contributed by atoms with Gasteiger partial charge in [-0.1, -0.05) is 0 Å². The van der Waals surface area contributed by atoms with Crippen LogP contribution in [-0.4, -0.2) is 40.8 Å². The van der Waals surface area contributed by atoms with Crippen LogP contribution in [0.5, 0.6) is 0 Å². The van der Waals surface area contributed by atoms with E-state index in [1.54, 1.807) is 6.26 Å². The molecule has 0 amide bonds. The zero-order valence-electron chi connectivity index (χ0n) is 14.9. The summed E-state index contributed by atoms with van der Waals surface area (Å²) < 4.78 is 19.2. The summed E-state index contributed by atoms with van der Waals surface area (Å²) in [4.78, 5) is 7.08. The highest BCUT2D eigenvalue weighted by molar-refractivity contribution is 5.11. The third-order valence-electron chi connectivity index (χ3n) is 5.38. The Morgan fingerprint density at radius 3 is 2.96 bits per heavy atom. The maximum absolute atomic E-state index is 5.99. The van der Waals surface area contributed by atoms with E-state index in [0.717, 1.165) is 63.9 Å². The lowest BCUT2D eigenvalue weighted by Crippen LogP contribution is -2.37. The highest BCUT2D eigenvalue weighted by Gasteiger charge is 2.27. The first-order chi connectivity index (χ1) is 12.3. The van der Waals surface area contributed by atoms with Gasteiger partial charge in [0.25, 0.3) is 0 Å².